The number of hydrogen-bond donors (Lipinski definition) is 2. The lowest BCUT2D eigenvalue weighted by molar-refractivity contribution is -0.151. The first-order valence-corrected chi connectivity index (χ1v) is 10.6. The Morgan fingerprint density at radius 3 is 2.66 bits per heavy atom. The number of halogens is 1. The molecule has 0 unspecified atom stereocenters. The molecule has 0 aromatic heterocycles. The maximum atomic E-state index is 13.2. The quantitative estimate of drug-likeness (QED) is 0.669. The SMILES string of the molecule is C[C@@H](OC(=O)CNS(=O)(=O)c1cccc(F)c1)C(=O)Nc1ccc2c(c1)CCC2. The molecule has 0 spiro atoms. The molecule has 0 saturated heterocycles. The summed E-state index contributed by atoms with van der Waals surface area (Å²) >= 11 is 0. The third kappa shape index (κ3) is 5.39. The largest absolute Gasteiger partial charge is 0.452 e. The number of carbonyl (C=O) groups excluding carboxylic acids is 2. The van der Waals surface area contributed by atoms with Crippen LogP contribution in [-0.2, 0) is 37.2 Å². The summed E-state index contributed by atoms with van der Waals surface area (Å²) in [6.45, 7) is 0.705. The van der Waals surface area contributed by atoms with Crippen molar-refractivity contribution in [2.75, 3.05) is 11.9 Å². The summed E-state index contributed by atoms with van der Waals surface area (Å²) in [5.41, 5.74) is 3.08. The van der Waals surface area contributed by atoms with Crippen LogP contribution >= 0.6 is 0 Å². The molecule has 0 aliphatic heterocycles. The summed E-state index contributed by atoms with van der Waals surface area (Å²) < 4.78 is 44.3. The number of aryl methyl sites for hydroxylation is 2. The summed E-state index contributed by atoms with van der Waals surface area (Å²) in [4.78, 5) is 23.8. The zero-order chi connectivity index (χ0) is 21.0. The summed E-state index contributed by atoms with van der Waals surface area (Å²) in [6.07, 6.45) is 1.97. The number of carbonyl (C=O) groups is 2. The van der Waals surface area contributed by atoms with Gasteiger partial charge in [0.2, 0.25) is 10.0 Å². The highest BCUT2D eigenvalue weighted by atomic mass is 32.2. The highest BCUT2D eigenvalue weighted by molar-refractivity contribution is 7.89. The zero-order valence-corrected chi connectivity index (χ0v) is 16.6. The van der Waals surface area contributed by atoms with Crippen LogP contribution in [0.25, 0.3) is 0 Å². The van der Waals surface area contributed by atoms with Crippen LogP contribution in [0.3, 0.4) is 0 Å². The van der Waals surface area contributed by atoms with Crippen molar-refractivity contribution >= 4 is 27.6 Å². The highest BCUT2D eigenvalue weighted by Crippen LogP contribution is 2.25. The molecule has 2 aromatic rings. The van der Waals surface area contributed by atoms with Gasteiger partial charge in [0, 0.05) is 5.69 Å². The van der Waals surface area contributed by atoms with Gasteiger partial charge in [-0.05, 0) is 67.6 Å². The van der Waals surface area contributed by atoms with Gasteiger partial charge in [0.15, 0.2) is 6.10 Å². The van der Waals surface area contributed by atoms with Crippen LogP contribution in [0.5, 0.6) is 0 Å². The number of anilines is 1. The van der Waals surface area contributed by atoms with Crippen molar-refractivity contribution in [3.05, 3.63) is 59.4 Å². The van der Waals surface area contributed by atoms with E-state index in [0.29, 0.717) is 5.69 Å². The second-order valence-electron chi connectivity index (χ2n) is 6.74. The van der Waals surface area contributed by atoms with Gasteiger partial charge in [-0.1, -0.05) is 12.1 Å². The molecule has 154 valence electrons. The highest BCUT2D eigenvalue weighted by Gasteiger charge is 2.21. The lowest BCUT2D eigenvalue weighted by Crippen LogP contribution is -2.35. The van der Waals surface area contributed by atoms with Gasteiger partial charge in [0.25, 0.3) is 5.91 Å². The first-order valence-electron chi connectivity index (χ1n) is 9.12. The summed E-state index contributed by atoms with van der Waals surface area (Å²) in [7, 11) is -4.08. The molecule has 7 nitrogen and oxygen atoms in total. The smallest absolute Gasteiger partial charge is 0.321 e. The maximum absolute atomic E-state index is 13.2. The van der Waals surface area contributed by atoms with Gasteiger partial charge in [0.1, 0.15) is 12.4 Å². The van der Waals surface area contributed by atoms with Crippen LogP contribution in [0, 0.1) is 5.82 Å². The molecule has 0 radical (unpaired) electrons. The molecule has 3 rings (SSSR count). The minimum atomic E-state index is -4.08. The molecule has 2 N–H and O–H groups in total. The Balaban J connectivity index is 1.51. The van der Waals surface area contributed by atoms with Crippen LogP contribution in [0.15, 0.2) is 47.4 Å². The Bertz CT molecular complexity index is 1040. The molecule has 1 atom stereocenters. The fourth-order valence-electron chi connectivity index (χ4n) is 3.06. The average molecular weight is 420 g/mol. The Morgan fingerprint density at radius 1 is 1.14 bits per heavy atom. The van der Waals surface area contributed by atoms with Crippen molar-refractivity contribution in [2.24, 2.45) is 0 Å². The fourth-order valence-corrected chi connectivity index (χ4v) is 4.06. The van der Waals surface area contributed by atoms with E-state index in [1.54, 1.807) is 6.07 Å². The van der Waals surface area contributed by atoms with Crippen molar-refractivity contribution in [3.8, 4) is 0 Å². The van der Waals surface area contributed by atoms with E-state index in [0.717, 1.165) is 31.4 Å². The number of amides is 1. The number of nitrogens with one attached hydrogen (secondary N) is 2. The van der Waals surface area contributed by atoms with Crippen LogP contribution in [-0.4, -0.2) is 32.9 Å². The van der Waals surface area contributed by atoms with Gasteiger partial charge in [-0.2, -0.15) is 4.72 Å². The number of ether oxygens (including phenoxy) is 1. The third-order valence-electron chi connectivity index (χ3n) is 4.56. The standard InChI is InChI=1S/C20H21FN2O5S/c1-13(20(25)23-17-9-8-14-4-2-5-15(14)10-17)28-19(24)12-22-29(26,27)18-7-3-6-16(21)11-18/h3,6-11,13,22H,2,4-5,12H2,1H3,(H,23,25)/t13-/m1/s1. The summed E-state index contributed by atoms with van der Waals surface area (Å²) in [5.74, 6) is -2.17. The number of sulfonamides is 1. The van der Waals surface area contributed by atoms with Crippen molar-refractivity contribution < 1.29 is 27.1 Å². The number of rotatable bonds is 7. The van der Waals surface area contributed by atoms with Crippen LogP contribution < -0.4 is 10.0 Å². The molecule has 1 amide bonds. The topological polar surface area (TPSA) is 102 Å². The van der Waals surface area contributed by atoms with E-state index in [-0.39, 0.29) is 4.90 Å². The van der Waals surface area contributed by atoms with E-state index in [2.05, 4.69) is 5.32 Å². The van der Waals surface area contributed by atoms with Crippen molar-refractivity contribution in [1.82, 2.24) is 4.72 Å². The fraction of sp³-hybridized carbons (Fsp3) is 0.300. The molecule has 0 saturated carbocycles. The molecule has 29 heavy (non-hydrogen) atoms. The van der Waals surface area contributed by atoms with E-state index in [1.807, 2.05) is 16.9 Å². The zero-order valence-electron chi connectivity index (χ0n) is 15.8. The van der Waals surface area contributed by atoms with Crippen LogP contribution in [0.4, 0.5) is 10.1 Å². The van der Waals surface area contributed by atoms with Crippen molar-refractivity contribution in [3.63, 3.8) is 0 Å². The average Bonchev–Trinajstić information content (AvgIpc) is 3.14. The molecule has 0 bridgehead atoms. The number of fused-ring (bicyclic) bond motifs is 1. The van der Waals surface area contributed by atoms with E-state index in [4.69, 9.17) is 4.74 Å². The van der Waals surface area contributed by atoms with E-state index in [9.17, 15) is 22.4 Å². The first-order chi connectivity index (χ1) is 13.7. The molecular weight excluding hydrogens is 399 g/mol. The summed E-state index contributed by atoms with van der Waals surface area (Å²) in [5, 5.41) is 2.68. The number of esters is 1. The maximum Gasteiger partial charge on any atom is 0.321 e. The Kier molecular flexibility index (Phi) is 6.29. The second-order valence-corrected chi connectivity index (χ2v) is 8.51. The molecule has 0 fully saturated rings. The van der Waals surface area contributed by atoms with Crippen molar-refractivity contribution in [1.29, 1.82) is 0 Å². The number of hydrogen-bond acceptors (Lipinski definition) is 5. The molecule has 2 aromatic carbocycles. The number of benzene rings is 2. The predicted molar refractivity (Wildman–Crippen MR) is 104 cm³/mol. The third-order valence-corrected chi connectivity index (χ3v) is 5.96. The van der Waals surface area contributed by atoms with Crippen molar-refractivity contribution in [2.45, 2.75) is 37.2 Å². The van der Waals surface area contributed by atoms with Gasteiger partial charge in [-0.3, -0.25) is 9.59 Å². The van der Waals surface area contributed by atoms with E-state index < -0.39 is 40.4 Å². The van der Waals surface area contributed by atoms with Gasteiger partial charge in [0.05, 0.1) is 4.90 Å². The normalized spacial score (nSPS) is 14.1. The Morgan fingerprint density at radius 2 is 1.90 bits per heavy atom. The predicted octanol–water partition coefficient (Wildman–Crippen LogP) is 2.16. The van der Waals surface area contributed by atoms with Gasteiger partial charge < -0.3 is 10.1 Å². The van der Waals surface area contributed by atoms with Gasteiger partial charge in [-0.15, -0.1) is 0 Å². The first kappa shape index (κ1) is 20.9. The summed E-state index contributed by atoms with van der Waals surface area (Å²) in [6, 6.07) is 10.0. The molecule has 1 aliphatic rings. The molecule has 0 heterocycles. The second kappa shape index (κ2) is 8.71. The Hall–Kier alpha value is -2.78. The lowest BCUT2D eigenvalue weighted by atomic mass is 10.1. The Labute approximate surface area is 168 Å². The van der Waals surface area contributed by atoms with Crippen LogP contribution in [0.1, 0.15) is 24.5 Å². The van der Waals surface area contributed by atoms with Gasteiger partial charge >= 0.3 is 5.97 Å². The minimum absolute atomic E-state index is 0.312. The molecule has 1 aliphatic carbocycles. The lowest BCUT2D eigenvalue weighted by Gasteiger charge is -2.14. The molecular formula is C20H21FN2O5S. The van der Waals surface area contributed by atoms with Gasteiger partial charge in [-0.25, -0.2) is 12.8 Å². The van der Waals surface area contributed by atoms with Crippen LogP contribution in [0.2, 0.25) is 0 Å². The monoisotopic (exact) mass is 420 g/mol. The minimum Gasteiger partial charge on any atom is -0.452 e. The van der Waals surface area contributed by atoms with E-state index in [1.165, 1.54) is 30.2 Å². The van der Waals surface area contributed by atoms with E-state index >= 15 is 0 Å². The molecule has 9 heteroatoms.